The SMILES string of the molecule is Cn1c(NC(=O)c2ccc(OCC(F)(F)F)cc2)nc2cc(Cl)ccc21. The molecule has 0 spiro atoms. The Bertz CT molecular complexity index is 952. The third kappa shape index (κ3) is 4.08. The van der Waals surface area contributed by atoms with Crippen LogP contribution in [0.5, 0.6) is 5.75 Å². The highest BCUT2D eigenvalue weighted by Crippen LogP contribution is 2.23. The molecule has 3 aromatic rings. The lowest BCUT2D eigenvalue weighted by atomic mass is 10.2. The van der Waals surface area contributed by atoms with Gasteiger partial charge in [-0.25, -0.2) is 4.98 Å². The monoisotopic (exact) mass is 383 g/mol. The van der Waals surface area contributed by atoms with Crippen molar-refractivity contribution < 1.29 is 22.7 Å². The molecule has 1 aromatic heterocycles. The van der Waals surface area contributed by atoms with E-state index in [2.05, 4.69) is 15.0 Å². The van der Waals surface area contributed by atoms with E-state index in [1.807, 2.05) is 0 Å². The maximum Gasteiger partial charge on any atom is 0.422 e. The fraction of sp³-hybridized carbons (Fsp3) is 0.176. The summed E-state index contributed by atoms with van der Waals surface area (Å²) >= 11 is 5.93. The summed E-state index contributed by atoms with van der Waals surface area (Å²) in [5.41, 5.74) is 1.68. The summed E-state index contributed by atoms with van der Waals surface area (Å²) in [6, 6.07) is 10.5. The summed E-state index contributed by atoms with van der Waals surface area (Å²) in [6.45, 7) is -1.39. The number of hydrogen-bond donors (Lipinski definition) is 1. The van der Waals surface area contributed by atoms with Crippen molar-refractivity contribution in [3.05, 3.63) is 53.1 Å². The third-order valence-electron chi connectivity index (χ3n) is 3.59. The lowest BCUT2D eigenvalue weighted by Gasteiger charge is -2.09. The second kappa shape index (κ2) is 6.87. The van der Waals surface area contributed by atoms with Gasteiger partial charge in [0.15, 0.2) is 6.61 Å². The minimum absolute atomic E-state index is 0.0243. The quantitative estimate of drug-likeness (QED) is 0.725. The topological polar surface area (TPSA) is 56.2 Å². The lowest BCUT2D eigenvalue weighted by Crippen LogP contribution is -2.19. The highest BCUT2D eigenvalue weighted by atomic mass is 35.5. The van der Waals surface area contributed by atoms with E-state index < -0.39 is 18.7 Å². The maximum atomic E-state index is 12.3. The normalized spacial score (nSPS) is 11.6. The summed E-state index contributed by atoms with van der Waals surface area (Å²) in [7, 11) is 1.74. The Kier molecular flexibility index (Phi) is 4.78. The first-order valence-corrected chi connectivity index (χ1v) is 7.84. The zero-order chi connectivity index (χ0) is 18.9. The molecule has 0 bridgehead atoms. The smallest absolute Gasteiger partial charge is 0.422 e. The summed E-state index contributed by atoms with van der Waals surface area (Å²) in [5.74, 6) is -0.0993. The van der Waals surface area contributed by atoms with Crippen LogP contribution >= 0.6 is 11.6 Å². The van der Waals surface area contributed by atoms with E-state index in [0.29, 0.717) is 16.5 Å². The zero-order valence-corrected chi connectivity index (χ0v) is 14.2. The van der Waals surface area contributed by atoms with Crippen molar-refractivity contribution in [1.29, 1.82) is 0 Å². The number of rotatable bonds is 4. The molecule has 2 aromatic carbocycles. The molecule has 0 fully saturated rings. The molecule has 9 heteroatoms. The number of imidazole rings is 1. The average molecular weight is 384 g/mol. The molecule has 0 saturated carbocycles. The first kappa shape index (κ1) is 18.1. The van der Waals surface area contributed by atoms with Gasteiger partial charge in [0.05, 0.1) is 11.0 Å². The molecule has 0 radical (unpaired) electrons. The molecule has 3 rings (SSSR count). The van der Waals surface area contributed by atoms with Crippen molar-refractivity contribution in [2.75, 3.05) is 11.9 Å². The fourth-order valence-electron chi connectivity index (χ4n) is 2.33. The number of carbonyl (C=O) groups is 1. The van der Waals surface area contributed by atoms with Crippen LogP contribution in [0.25, 0.3) is 11.0 Å². The summed E-state index contributed by atoms with van der Waals surface area (Å²) < 4.78 is 42.7. The minimum atomic E-state index is -4.42. The van der Waals surface area contributed by atoms with Crippen molar-refractivity contribution in [3.63, 3.8) is 0 Å². The second-order valence-electron chi connectivity index (χ2n) is 5.51. The van der Waals surface area contributed by atoms with E-state index in [-0.39, 0.29) is 11.3 Å². The molecule has 26 heavy (non-hydrogen) atoms. The molecule has 0 aliphatic rings. The van der Waals surface area contributed by atoms with Crippen LogP contribution in [-0.4, -0.2) is 28.2 Å². The first-order valence-electron chi connectivity index (χ1n) is 7.46. The summed E-state index contributed by atoms with van der Waals surface area (Å²) in [4.78, 5) is 16.6. The molecular formula is C17H13ClF3N3O2. The Balaban J connectivity index is 1.73. The second-order valence-corrected chi connectivity index (χ2v) is 5.95. The predicted molar refractivity (Wildman–Crippen MR) is 91.7 cm³/mol. The minimum Gasteiger partial charge on any atom is -0.484 e. The van der Waals surface area contributed by atoms with E-state index in [0.717, 1.165) is 5.52 Å². The fourth-order valence-corrected chi connectivity index (χ4v) is 2.49. The first-order chi connectivity index (χ1) is 12.2. The molecule has 0 aliphatic carbocycles. The number of ether oxygens (including phenoxy) is 1. The molecule has 1 heterocycles. The van der Waals surface area contributed by atoms with Gasteiger partial charge in [-0.15, -0.1) is 0 Å². The number of aryl methyl sites for hydroxylation is 1. The molecule has 0 saturated heterocycles. The molecule has 1 N–H and O–H groups in total. The molecular weight excluding hydrogens is 371 g/mol. The number of hydrogen-bond acceptors (Lipinski definition) is 3. The Morgan fingerprint density at radius 3 is 2.58 bits per heavy atom. The van der Waals surface area contributed by atoms with Crippen LogP contribution in [0.4, 0.5) is 19.1 Å². The van der Waals surface area contributed by atoms with E-state index in [1.54, 1.807) is 29.8 Å². The van der Waals surface area contributed by atoms with Gasteiger partial charge in [-0.05, 0) is 42.5 Å². The van der Waals surface area contributed by atoms with Gasteiger partial charge in [-0.2, -0.15) is 13.2 Å². The van der Waals surface area contributed by atoms with Crippen molar-refractivity contribution in [2.45, 2.75) is 6.18 Å². The van der Waals surface area contributed by atoms with E-state index in [9.17, 15) is 18.0 Å². The van der Waals surface area contributed by atoms with Crippen molar-refractivity contribution in [2.24, 2.45) is 7.05 Å². The van der Waals surface area contributed by atoms with Crippen LogP contribution in [0.3, 0.4) is 0 Å². The van der Waals surface area contributed by atoms with Gasteiger partial charge in [-0.3, -0.25) is 10.1 Å². The van der Waals surface area contributed by atoms with Gasteiger partial charge in [-0.1, -0.05) is 11.6 Å². The van der Waals surface area contributed by atoms with Gasteiger partial charge < -0.3 is 9.30 Å². The van der Waals surface area contributed by atoms with Crippen LogP contribution in [0.2, 0.25) is 5.02 Å². The van der Waals surface area contributed by atoms with Gasteiger partial charge in [0, 0.05) is 17.6 Å². The van der Waals surface area contributed by atoms with E-state index in [1.165, 1.54) is 24.3 Å². The summed E-state index contributed by atoms with van der Waals surface area (Å²) in [6.07, 6.45) is -4.42. The molecule has 0 atom stereocenters. The predicted octanol–water partition coefficient (Wildman–Crippen LogP) is 4.42. The Labute approximate surface area is 151 Å². The standard InChI is InChI=1S/C17H13ClF3N3O2/c1-24-14-7-4-11(18)8-13(14)22-16(24)23-15(25)10-2-5-12(6-3-10)26-9-17(19,20)21/h2-8H,9H2,1H3,(H,22,23,25). The van der Waals surface area contributed by atoms with Crippen molar-refractivity contribution in [3.8, 4) is 5.75 Å². The van der Waals surface area contributed by atoms with Crippen LogP contribution in [0.1, 0.15) is 10.4 Å². The number of nitrogens with one attached hydrogen (secondary N) is 1. The highest BCUT2D eigenvalue weighted by molar-refractivity contribution is 6.31. The zero-order valence-electron chi connectivity index (χ0n) is 13.5. The number of halogens is 4. The van der Waals surface area contributed by atoms with Crippen LogP contribution in [0.15, 0.2) is 42.5 Å². The average Bonchev–Trinajstić information content (AvgIpc) is 2.88. The maximum absolute atomic E-state index is 12.3. The molecule has 0 aliphatic heterocycles. The van der Waals surface area contributed by atoms with Gasteiger partial charge in [0.2, 0.25) is 5.95 Å². The Morgan fingerprint density at radius 2 is 1.92 bits per heavy atom. The largest absolute Gasteiger partial charge is 0.484 e. The van der Waals surface area contributed by atoms with Gasteiger partial charge >= 0.3 is 6.18 Å². The molecule has 5 nitrogen and oxygen atoms in total. The number of amides is 1. The lowest BCUT2D eigenvalue weighted by molar-refractivity contribution is -0.153. The number of carbonyl (C=O) groups excluding carboxylic acids is 1. The number of alkyl halides is 3. The Hall–Kier alpha value is -2.74. The molecule has 136 valence electrons. The number of fused-ring (bicyclic) bond motifs is 1. The van der Waals surface area contributed by atoms with E-state index in [4.69, 9.17) is 11.6 Å². The van der Waals surface area contributed by atoms with E-state index >= 15 is 0 Å². The van der Waals surface area contributed by atoms with Gasteiger partial charge in [0.1, 0.15) is 5.75 Å². The van der Waals surface area contributed by atoms with Crippen LogP contribution in [0, 0.1) is 0 Å². The summed E-state index contributed by atoms with van der Waals surface area (Å²) in [5, 5.41) is 3.19. The highest BCUT2D eigenvalue weighted by Gasteiger charge is 2.28. The number of nitrogens with zero attached hydrogens (tertiary/aromatic N) is 2. The third-order valence-corrected chi connectivity index (χ3v) is 3.82. The molecule has 0 unspecified atom stereocenters. The molecule has 1 amide bonds. The van der Waals surface area contributed by atoms with Crippen molar-refractivity contribution in [1.82, 2.24) is 9.55 Å². The van der Waals surface area contributed by atoms with Gasteiger partial charge in [0.25, 0.3) is 5.91 Å². The number of anilines is 1. The number of benzene rings is 2. The van der Waals surface area contributed by atoms with Crippen LogP contribution < -0.4 is 10.1 Å². The van der Waals surface area contributed by atoms with Crippen molar-refractivity contribution >= 4 is 34.5 Å². The number of aromatic nitrogens is 2. The Morgan fingerprint density at radius 1 is 1.23 bits per heavy atom. The van der Waals surface area contributed by atoms with Crippen LogP contribution in [-0.2, 0) is 7.05 Å².